The Morgan fingerprint density at radius 1 is 1.20 bits per heavy atom. The lowest BCUT2D eigenvalue weighted by Gasteiger charge is -2.28. The van der Waals surface area contributed by atoms with Gasteiger partial charge in [0, 0.05) is 19.6 Å². The minimum atomic E-state index is -0.528. The fraction of sp³-hybridized carbons (Fsp3) is 0.429. The van der Waals surface area contributed by atoms with Gasteiger partial charge >= 0.3 is 0 Å². The molecule has 30 heavy (non-hydrogen) atoms. The van der Waals surface area contributed by atoms with Gasteiger partial charge in [-0.25, -0.2) is 19.0 Å². The molecule has 1 N–H and O–H groups in total. The number of aromatic nitrogens is 4. The van der Waals surface area contributed by atoms with E-state index in [4.69, 9.17) is 9.97 Å². The number of halogens is 1. The molecule has 1 fully saturated rings. The lowest BCUT2D eigenvalue weighted by Crippen LogP contribution is -2.30. The van der Waals surface area contributed by atoms with Crippen molar-refractivity contribution < 1.29 is 9.18 Å². The molecule has 2 aromatic heterocycles. The van der Waals surface area contributed by atoms with Crippen molar-refractivity contribution in [1.82, 2.24) is 25.1 Å². The van der Waals surface area contributed by atoms with E-state index >= 15 is 0 Å². The largest absolute Gasteiger partial charge is 0.356 e. The van der Waals surface area contributed by atoms with Crippen LogP contribution in [0.25, 0.3) is 11.0 Å². The Morgan fingerprint density at radius 2 is 2.00 bits per heavy atom. The van der Waals surface area contributed by atoms with Crippen molar-refractivity contribution in [2.45, 2.75) is 37.9 Å². The van der Waals surface area contributed by atoms with Crippen molar-refractivity contribution in [3.05, 3.63) is 41.8 Å². The molecule has 9 heteroatoms. The fourth-order valence-corrected chi connectivity index (χ4v) is 4.20. The van der Waals surface area contributed by atoms with E-state index in [1.54, 1.807) is 34.8 Å². The number of anilines is 1. The molecule has 0 saturated carbocycles. The van der Waals surface area contributed by atoms with Crippen LogP contribution in [0.5, 0.6) is 0 Å². The topological polar surface area (TPSA) is 75.9 Å². The number of hydrogen-bond donors (Lipinski definition) is 1. The third-order valence-electron chi connectivity index (χ3n) is 5.11. The van der Waals surface area contributed by atoms with Gasteiger partial charge in [-0.15, -0.1) is 0 Å². The number of carbonyl (C=O) groups is 1. The van der Waals surface area contributed by atoms with Gasteiger partial charge in [-0.2, -0.15) is 5.10 Å². The number of carbonyl (C=O) groups excluding carboxylic acids is 1. The summed E-state index contributed by atoms with van der Waals surface area (Å²) in [5.74, 6) is 0.866. The lowest BCUT2D eigenvalue weighted by molar-refractivity contribution is 0.0948. The van der Waals surface area contributed by atoms with E-state index in [0.29, 0.717) is 13.1 Å². The maximum absolute atomic E-state index is 13.8. The smallest absolute Gasteiger partial charge is 0.254 e. The van der Waals surface area contributed by atoms with Crippen LogP contribution in [0.3, 0.4) is 0 Å². The summed E-state index contributed by atoms with van der Waals surface area (Å²) in [6.07, 6.45) is 5.39. The lowest BCUT2D eigenvalue weighted by atomic mass is 10.1. The second-order valence-electron chi connectivity index (χ2n) is 7.15. The predicted octanol–water partition coefficient (Wildman–Crippen LogP) is 3.50. The van der Waals surface area contributed by atoms with Gasteiger partial charge in [0.15, 0.2) is 10.8 Å². The monoisotopic (exact) mass is 428 g/mol. The fourth-order valence-electron chi connectivity index (χ4n) is 3.64. The highest BCUT2D eigenvalue weighted by atomic mass is 32.2. The number of nitrogens with zero attached hydrogens (tertiary/aromatic N) is 5. The molecule has 0 aliphatic carbocycles. The van der Waals surface area contributed by atoms with Crippen molar-refractivity contribution >= 4 is 34.5 Å². The third-order valence-corrected chi connectivity index (χ3v) is 5.84. The van der Waals surface area contributed by atoms with Gasteiger partial charge in [0.2, 0.25) is 0 Å². The quantitative estimate of drug-likeness (QED) is 0.459. The molecular formula is C21H25FN6OS. The summed E-state index contributed by atoms with van der Waals surface area (Å²) in [4.78, 5) is 24.1. The summed E-state index contributed by atoms with van der Waals surface area (Å²) in [7, 11) is 0. The van der Waals surface area contributed by atoms with Gasteiger partial charge in [-0.3, -0.25) is 4.79 Å². The molecule has 3 heterocycles. The van der Waals surface area contributed by atoms with Crippen LogP contribution in [0.2, 0.25) is 0 Å². The van der Waals surface area contributed by atoms with Gasteiger partial charge in [0.25, 0.3) is 5.91 Å². The minimum Gasteiger partial charge on any atom is -0.356 e. The van der Waals surface area contributed by atoms with Gasteiger partial charge in [-0.1, -0.05) is 30.8 Å². The molecule has 0 bridgehead atoms. The van der Waals surface area contributed by atoms with E-state index in [1.807, 2.05) is 0 Å². The SMILES string of the molecule is CCSc1nc(N2CCCCC2)c2cnn(CCNC(=O)c3ccccc3F)c2n1. The number of rotatable bonds is 7. The van der Waals surface area contributed by atoms with E-state index in [-0.39, 0.29) is 5.56 Å². The minimum absolute atomic E-state index is 0.0409. The number of benzene rings is 1. The van der Waals surface area contributed by atoms with Gasteiger partial charge in [-0.05, 0) is 37.1 Å². The molecule has 3 aromatic rings. The summed E-state index contributed by atoms with van der Waals surface area (Å²) in [5, 5.41) is 8.92. The molecule has 7 nitrogen and oxygen atoms in total. The number of hydrogen-bond acceptors (Lipinski definition) is 6. The molecule has 0 spiro atoms. The van der Waals surface area contributed by atoms with E-state index in [2.05, 4.69) is 22.2 Å². The first-order chi connectivity index (χ1) is 14.7. The molecule has 0 atom stereocenters. The molecule has 1 aliphatic heterocycles. The highest BCUT2D eigenvalue weighted by Crippen LogP contribution is 2.29. The molecule has 158 valence electrons. The summed E-state index contributed by atoms with van der Waals surface area (Å²) >= 11 is 1.61. The zero-order chi connectivity index (χ0) is 20.9. The Bertz CT molecular complexity index is 1030. The molecular weight excluding hydrogens is 403 g/mol. The molecule has 1 aromatic carbocycles. The van der Waals surface area contributed by atoms with Crippen molar-refractivity contribution in [2.75, 3.05) is 30.3 Å². The average Bonchev–Trinajstić information content (AvgIpc) is 3.17. The number of amides is 1. The van der Waals surface area contributed by atoms with Crippen molar-refractivity contribution in [1.29, 1.82) is 0 Å². The Kier molecular flexibility index (Phi) is 6.47. The van der Waals surface area contributed by atoms with Crippen molar-refractivity contribution in [2.24, 2.45) is 0 Å². The Hall–Kier alpha value is -2.68. The Labute approximate surface area is 179 Å². The first-order valence-electron chi connectivity index (χ1n) is 10.3. The highest BCUT2D eigenvalue weighted by molar-refractivity contribution is 7.99. The maximum Gasteiger partial charge on any atom is 0.254 e. The van der Waals surface area contributed by atoms with Crippen LogP contribution >= 0.6 is 11.8 Å². The number of piperidine rings is 1. The molecule has 4 rings (SSSR count). The molecule has 0 radical (unpaired) electrons. The first-order valence-corrected chi connectivity index (χ1v) is 11.3. The first kappa shape index (κ1) is 20.6. The second-order valence-corrected chi connectivity index (χ2v) is 8.38. The average molecular weight is 429 g/mol. The molecule has 0 unspecified atom stereocenters. The normalized spacial score (nSPS) is 14.3. The van der Waals surface area contributed by atoms with E-state index in [1.165, 1.54) is 18.6 Å². The molecule has 1 aliphatic rings. The van der Waals surface area contributed by atoms with E-state index in [9.17, 15) is 9.18 Å². The van der Waals surface area contributed by atoms with Crippen LogP contribution in [0, 0.1) is 5.82 Å². The Morgan fingerprint density at radius 3 is 2.77 bits per heavy atom. The summed E-state index contributed by atoms with van der Waals surface area (Å²) in [6, 6.07) is 5.96. The van der Waals surface area contributed by atoms with Crippen LogP contribution in [0.4, 0.5) is 10.2 Å². The second kappa shape index (κ2) is 9.42. The van der Waals surface area contributed by atoms with Gasteiger partial charge in [0.05, 0.1) is 23.7 Å². The molecule has 1 saturated heterocycles. The van der Waals surface area contributed by atoms with Crippen LogP contribution in [0.15, 0.2) is 35.6 Å². The zero-order valence-electron chi connectivity index (χ0n) is 17.0. The van der Waals surface area contributed by atoms with Crippen LogP contribution < -0.4 is 10.2 Å². The van der Waals surface area contributed by atoms with Gasteiger partial charge in [0.1, 0.15) is 11.6 Å². The van der Waals surface area contributed by atoms with Gasteiger partial charge < -0.3 is 10.2 Å². The summed E-state index contributed by atoms with van der Waals surface area (Å²) < 4.78 is 15.6. The highest BCUT2D eigenvalue weighted by Gasteiger charge is 2.20. The predicted molar refractivity (Wildman–Crippen MR) is 117 cm³/mol. The van der Waals surface area contributed by atoms with Crippen molar-refractivity contribution in [3.63, 3.8) is 0 Å². The summed E-state index contributed by atoms with van der Waals surface area (Å²) in [5.41, 5.74) is 0.806. The van der Waals surface area contributed by atoms with E-state index in [0.717, 1.165) is 53.7 Å². The standard InChI is InChI=1S/C21H25FN6OS/c1-2-30-21-25-18(27-11-6-3-7-12-27)16-14-24-28(19(16)26-21)13-10-23-20(29)15-8-4-5-9-17(15)22/h4-5,8-9,14H,2-3,6-7,10-13H2,1H3,(H,23,29). The summed E-state index contributed by atoms with van der Waals surface area (Å²) in [6.45, 7) is 4.83. The van der Waals surface area contributed by atoms with Crippen LogP contribution in [0.1, 0.15) is 36.5 Å². The third kappa shape index (κ3) is 4.40. The Balaban J connectivity index is 1.53. The molecule has 1 amide bonds. The maximum atomic E-state index is 13.8. The number of fused-ring (bicyclic) bond motifs is 1. The van der Waals surface area contributed by atoms with Crippen LogP contribution in [-0.4, -0.2) is 51.0 Å². The van der Waals surface area contributed by atoms with E-state index < -0.39 is 11.7 Å². The number of nitrogens with one attached hydrogen (secondary N) is 1. The van der Waals surface area contributed by atoms with Crippen LogP contribution in [-0.2, 0) is 6.54 Å². The zero-order valence-corrected chi connectivity index (χ0v) is 17.8. The number of thioether (sulfide) groups is 1. The van der Waals surface area contributed by atoms with Crippen molar-refractivity contribution in [3.8, 4) is 0 Å².